The number of halogens is 1. The third kappa shape index (κ3) is 3.85. The molecular weight excluding hydrogens is 380 g/mol. The van der Waals surface area contributed by atoms with Crippen LogP contribution in [0.4, 0.5) is 0 Å². The first kappa shape index (κ1) is 18.8. The van der Waals surface area contributed by atoms with Gasteiger partial charge in [-0.3, -0.25) is 14.3 Å². The van der Waals surface area contributed by atoms with Crippen LogP contribution in [0.1, 0.15) is 47.4 Å². The zero-order valence-electron chi connectivity index (χ0n) is 15.7. The predicted octanol–water partition coefficient (Wildman–Crippen LogP) is 2.49. The van der Waals surface area contributed by atoms with Gasteiger partial charge in [0, 0.05) is 37.0 Å². The molecule has 0 aliphatic carbocycles. The number of nitrogens with zero attached hydrogens (tertiary/aromatic N) is 2. The zero-order valence-corrected chi connectivity index (χ0v) is 16.5. The Hall–Kier alpha value is -2.54. The molecule has 2 atom stereocenters. The van der Waals surface area contributed by atoms with Crippen LogP contribution < -0.4 is 15.4 Å². The lowest BCUT2D eigenvalue weighted by atomic mass is 9.94. The SMILES string of the molecule is CC(=O)NCC1CCn2ncc(C(=O)NC3CCOc4ccc(Cl)cc43)c2C1. The summed E-state index contributed by atoms with van der Waals surface area (Å²) in [5.74, 6) is 0.892. The lowest BCUT2D eigenvalue weighted by Crippen LogP contribution is -2.34. The van der Waals surface area contributed by atoms with E-state index in [-0.39, 0.29) is 17.9 Å². The van der Waals surface area contributed by atoms with Gasteiger partial charge >= 0.3 is 0 Å². The number of carbonyl (C=O) groups is 2. The van der Waals surface area contributed by atoms with Gasteiger partial charge in [0.2, 0.25) is 5.91 Å². The molecule has 7 nitrogen and oxygen atoms in total. The second-order valence-corrected chi connectivity index (χ2v) is 7.81. The maximum Gasteiger partial charge on any atom is 0.255 e. The summed E-state index contributed by atoms with van der Waals surface area (Å²) in [6.07, 6.45) is 3.98. The highest BCUT2D eigenvalue weighted by molar-refractivity contribution is 6.30. The van der Waals surface area contributed by atoms with E-state index >= 15 is 0 Å². The van der Waals surface area contributed by atoms with Crippen LogP contribution in [0, 0.1) is 5.92 Å². The monoisotopic (exact) mass is 402 g/mol. The number of amides is 2. The fraction of sp³-hybridized carbons (Fsp3) is 0.450. The third-order valence-electron chi connectivity index (χ3n) is 5.38. The lowest BCUT2D eigenvalue weighted by Gasteiger charge is -2.27. The van der Waals surface area contributed by atoms with Crippen LogP contribution in [0.2, 0.25) is 5.02 Å². The summed E-state index contributed by atoms with van der Waals surface area (Å²) in [5.41, 5.74) is 2.43. The molecule has 0 bridgehead atoms. The first-order valence-corrected chi connectivity index (χ1v) is 9.91. The van der Waals surface area contributed by atoms with Crippen molar-refractivity contribution in [3.05, 3.63) is 46.2 Å². The van der Waals surface area contributed by atoms with E-state index in [1.165, 1.54) is 6.92 Å². The molecule has 2 N–H and O–H groups in total. The molecule has 2 aliphatic rings. The number of fused-ring (bicyclic) bond motifs is 2. The number of ether oxygens (including phenoxy) is 1. The summed E-state index contributed by atoms with van der Waals surface area (Å²) >= 11 is 6.13. The first-order chi connectivity index (χ1) is 13.5. The summed E-state index contributed by atoms with van der Waals surface area (Å²) in [6, 6.07) is 5.32. The highest BCUT2D eigenvalue weighted by Gasteiger charge is 2.28. The molecule has 4 rings (SSSR count). The van der Waals surface area contributed by atoms with E-state index in [0.29, 0.717) is 36.1 Å². The molecule has 0 radical (unpaired) electrons. The molecule has 0 spiro atoms. The van der Waals surface area contributed by atoms with Gasteiger partial charge in [0.15, 0.2) is 0 Å². The Kier molecular flexibility index (Phi) is 5.26. The van der Waals surface area contributed by atoms with Gasteiger partial charge < -0.3 is 15.4 Å². The summed E-state index contributed by atoms with van der Waals surface area (Å²) in [4.78, 5) is 24.2. The second kappa shape index (κ2) is 7.83. The van der Waals surface area contributed by atoms with Gasteiger partial charge in [0.05, 0.1) is 30.1 Å². The van der Waals surface area contributed by atoms with E-state index in [9.17, 15) is 9.59 Å². The van der Waals surface area contributed by atoms with Crippen LogP contribution in [0.5, 0.6) is 5.75 Å². The van der Waals surface area contributed by atoms with Crippen molar-refractivity contribution in [3.63, 3.8) is 0 Å². The predicted molar refractivity (Wildman–Crippen MR) is 104 cm³/mol. The molecule has 1 aromatic heterocycles. The molecule has 148 valence electrons. The molecule has 1 aromatic carbocycles. The maximum absolute atomic E-state index is 13.0. The van der Waals surface area contributed by atoms with E-state index in [2.05, 4.69) is 15.7 Å². The Morgan fingerprint density at radius 3 is 3.04 bits per heavy atom. The zero-order chi connectivity index (χ0) is 19.7. The van der Waals surface area contributed by atoms with Crippen molar-refractivity contribution in [3.8, 4) is 5.75 Å². The van der Waals surface area contributed by atoms with Gasteiger partial charge in [0.1, 0.15) is 5.75 Å². The van der Waals surface area contributed by atoms with E-state index in [0.717, 1.165) is 36.4 Å². The minimum absolute atomic E-state index is 0.0334. The van der Waals surface area contributed by atoms with Crippen molar-refractivity contribution >= 4 is 23.4 Å². The number of benzene rings is 1. The molecular formula is C20H23ClN4O3. The highest BCUT2D eigenvalue weighted by Crippen LogP contribution is 2.34. The van der Waals surface area contributed by atoms with Gasteiger partial charge in [-0.05, 0) is 37.0 Å². The normalized spacial score (nSPS) is 20.5. The summed E-state index contributed by atoms with van der Waals surface area (Å²) in [5, 5.41) is 11.0. The summed E-state index contributed by atoms with van der Waals surface area (Å²) in [7, 11) is 0. The van der Waals surface area contributed by atoms with Gasteiger partial charge in [-0.25, -0.2) is 0 Å². The third-order valence-corrected chi connectivity index (χ3v) is 5.62. The molecule has 2 aromatic rings. The summed E-state index contributed by atoms with van der Waals surface area (Å²) in [6.45, 7) is 3.43. The average molecular weight is 403 g/mol. The van der Waals surface area contributed by atoms with Crippen LogP contribution >= 0.6 is 11.6 Å². The number of hydrogen-bond acceptors (Lipinski definition) is 4. The standard InChI is InChI=1S/C20H23ClN4O3/c1-12(26)22-10-13-4-6-25-18(8-13)16(11-23-25)20(27)24-17-5-7-28-19-3-2-14(21)9-15(17)19/h2-3,9,11,13,17H,4-8,10H2,1H3,(H,22,26)(H,24,27). The van der Waals surface area contributed by atoms with Gasteiger partial charge in [-0.15, -0.1) is 0 Å². The van der Waals surface area contributed by atoms with Crippen LogP contribution in [-0.2, 0) is 17.8 Å². The Bertz CT molecular complexity index is 911. The van der Waals surface area contributed by atoms with Crippen molar-refractivity contribution in [2.45, 2.75) is 38.8 Å². The number of aryl methyl sites for hydroxylation is 1. The topological polar surface area (TPSA) is 85.2 Å². The number of hydrogen-bond donors (Lipinski definition) is 2. The van der Waals surface area contributed by atoms with Crippen molar-refractivity contribution in [2.24, 2.45) is 5.92 Å². The van der Waals surface area contributed by atoms with Crippen molar-refractivity contribution in [2.75, 3.05) is 13.2 Å². The van der Waals surface area contributed by atoms with Crippen LogP contribution in [0.3, 0.4) is 0 Å². The van der Waals surface area contributed by atoms with E-state index in [4.69, 9.17) is 16.3 Å². The van der Waals surface area contributed by atoms with Crippen molar-refractivity contribution in [1.82, 2.24) is 20.4 Å². The van der Waals surface area contributed by atoms with E-state index in [1.54, 1.807) is 12.3 Å². The van der Waals surface area contributed by atoms with Crippen molar-refractivity contribution < 1.29 is 14.3 Å². The first-order valence-electron chi connectivity index (χ1n) is 9.53. The van der Waals surface area contributed by atoms with Crippen molar-refractivity contribution in [1.29, 1.82) is 0 Å². The fourth-order valence-corrected chi connectivity index (χ4v) is 4.08. The molecule has 2 unspecified atom stereocenters. The summed E-state index contributed by atoms with van der Waals surface area (Å²) < 4.78 is 7.57. The Morgan fingerprint density at radius 2 is 2.21 bits per heavy atom. The quantitative estimate of drug-likeness (QED) is 0.822. The molecule has 3 heterocycles. The maximum atomic E-state index is 13.0. The smallest absolute Gasteiger partial charge is 0.255 e. The van der Waals surface area contributed by atoms with Gasteiger partial charge in [-0.1, -0.05) is 11.6 Å². The largest absolute Gasteiger partial charge is 0.493 e. The number of rotatable bonds is 4. The number of aromatic nitrogens is 2. The fourth-order valence-electron chi connectivity index (χ4n) is 3.90. The highest BCUT2D eigenvalue weighted by atomic mass is 35.5. The Balaban J connectivity index is 1.50. The molecule has 2 aliphatic heterocycles. The second-order valence-electron chi connectivity index (χ2n) is 7.37. The molecule has 0 saturated carbocycles. The molecule has 28 heavy (non-hydrogen) atoms. The molecule has 2 amide bonds. The molecule has 0 fully saturated rings. The van der Waals surface area contributed by atoms with E-state index < -0.39 is 0 Å². The van der Waals surface area contributed by atoms with E-state index in [1.807, 2.05) is 16.8 Å². The Labute approximate surface area is 168 Å². The van der Waals surface area contributed by atoms with Gasteiger partial charge in [0.25, 0.3) is 5.91 Å². The van der Waals surface area contributed by atoms with Gasteiger partial charge in [-0.2, -0.15) is 5.10 Å². The average Bonchev–Trinajstić information content (AvgIpc) is 3.10. The Morgan fingerprint density at radius 1 is 1.36 bits per heavy atom. The lowest BCUT2D eigenvalue weighted by molar-refractivity contribution is -0.119. The minimum atomic E-state index is -0.149. The molecule has 0 saturated heterocycles. The molecule has 8 heteroatoms. The van der Waals surface area contributed by atoms with Crippen LogP contribution in [0.25, 0.3) is 0 Å². The number of carbonyl (C=O) groups excluding carboxylic acids is 2. The minimum Gasteiger partial charge on any atom is -0.493 e. The van der Waals surface area contributed by atoms with Crippen LogP contribution in [0.15, 0.2) is 24.4 Å². The number of nitrogens with one attached hydrogen (secondary N) is 2. The van der Waals surface area contributed by atoms with Crippen LogP contribution in [-0.4, -0.2) is 34.7 Å².